The van der Waals surface area contributed by atoms with E-state index in [0.717, 1.165) is 12.3 Å². The van der Waals surface area contributed by atoms with Gasteiger partial charge in [0.1, 0.15) is 11.4 Å². The first-order valence-electron chi connectivity index (χ1n) is 6.88. The highest BCUT2D eigenvalue weighted by molar-refractivity contribution is 7.99. The smallest absolute Gasteiger partial charge is 0.209 e. The SMILES string of the molecule is CC(C)Sc1nncc(-c2cnnc(SCCN(C)C)n2)n1. The van der Waals surface area contributed by atoms with Gasteiger partial charge in [-0.3, -0.25) is 0 Å². The quantitative estimate of drug-likeness (QED) is 0.703. The Balaban J connectivity index is 2.11. The van der Waals surface area contributed by atoms with Gasteiger partial charge in [-0.25, -0.2) is 9.97 Å². The molecule has 0 bridgehead atoms. The largest absolute Gasteiger partial charge is 0.309 e. The van der Waals surface area contributed by atoms with E-state index >= 15 is 0 Å². The molecule has 2 aromatic rings. The van der Waals surface area contributed by atoms with Crippen molar-refractivity contribution >= 4 is 23.5 Å². The van der Waals surface area contributed by atoms with Crippen LogP contribution < -0.4 is 0 Å². The number of thioether (sulfide) groups is 2. The van der Waals surface area contributed by atoms with Gasteiger partial charge in [-0.05, 0) is 14.1 Å². The average molecular weight is 337 g/mol. The van der Waals surface area contributed by atoms with Crippen molar-refractivity contribution in [1.82, 2.24) is 35.3 Å². The molecule has 0 aliphatic rings. The van der Waals surface area contributed by atoms with Gasteiger partial charge in [0.2, 0.25) is 10.3 Å². The van der Waals surface area contributed by atoms with Crippen LogP contribution >= 0.6 is 23.5 Å². The van der Waals surface area contributed by atoms with Crippen molar-refractivity contribution < 1.29 is 0 Å². The van der Waals surface area contributed by atoms with E-state index in [2.05, 4.69) is 49.1 Å². The number of hydrogen-bond acceptors (Lipinski definition) is 9. The van der Waals surface area contributed by atoms with Gasteiger partial charge < -0.3 is 4.90 Å². The molecule has 0 amide bonds. The Morgan fingerprint density at radius 1 is 1.00 bits per heavy atom. The molecular formula is C13H19N7S2. The van der Waals surface area contributed by atoms with Crippen molar-refractivity contribution in [2.24, 2.45) is 0 Å². The second-order valence-corrected chi connectivity index (χ2v) is 7.67. The first-order chi connectivity index (χ1) is 10.5. The molecule has 2 heterocycles. The second-order valence-electron chi connectivity index (χ2n) is 5.07. The topological polar surface area (TPSA) is 80.6 Å². The predicted octanol–water partition coefficient (Wildman–Crippen LogP) is 1.88. The van der Waals surface area contributed by atoms with Gasteiger partial charge in [-0.15, -0.1) is 10.2 Å². The summed E-state index contributed by atoms with van der Waals surface area (Å²) in [4.78, 5) is 11.1. The van der Waals surface area contributed by atoms with Gasteiger partial charge in [0, 0.05) is 17.5 Å². The van der Waals surface area contributed by atoms with Crippen LogP contribution in [0.4, 0.5) is 0 Å². The van der Waals surface area contributed by atoms with Crippen LogP contribution in [0.2, 0.25) is 0 Å². The lowest BCUT2D eigenvalue weighted by Gasteiger charge is -2.08. The zero-order chi connectivity index (χ0) is 15.9. The molecule has 0 aliphatic carbocycles. The molecule has 118 valence electrons. The van der Waals surface area contributed by atoms with Crippen LogP contribution in [0.1, 0.15) is 13.8 Å². The summed E-state index contributed by atoms with van der Waals surface area (Å²) in [5, 5.41) is 17.8. The molecule has 0 atom stereocenters. The number of nitrogens with zero attached hydrogens (tertiary/aromatic N) is 7. The lowest BCUT2D eigenvalue weighted by atomic mass is 10.3. The summed E-state index contributed by atoms with van der Waals surface area (Å²) in [6.07, 6.45) is 3.20. The van der Waals surface area contributed by atoms with E-state index in [1.807, 2.05) is 14.1 Å². The molecule has 0 unspecified atom stereocenters. The Hall–Kier alpha value is -1.32. The van der Waals surface area contributed by atoms with Crippen molar-refractivity contribution in [1.29, 1.82) is 0 Å². The maximum Gasteiger partial charge on any atom is 0.209 e. The minimum absolute atomic E-state index is 0.401. The molecule has 0 aliphatic heterocycles. The van der Waals surface area contributed by atoms with Crippen LogP contribution in [0, 0.1) is 0 Å². The highest BCUT2D eigenvalue weighted by Gasteiger charge is 2.09. The van der Waals surface area contributed by atoms with Crippen LogP contribution in [-0.4, -0.2) is 66.9 Å². The first kappa shape index (κ1) is 17.0. The molecule has 2 aromatic heterocycles. The summed E-state index contributed by atoms with van der Waals surface area (Å²) >= 11 is 3.15. The zero-order valence-electron chi connectivity index (χ0n) is 13.1. The van der Waals surface area contributed by atoms with Gasteiger partial charge in [0.25, 0.3) is 0 Å². The molecule has 0 spiro atoms. The summed E-state index contributed by atoms with van der Waals surface area (Å²) in [6.45, 7) is 5.14. The normalized spacial score (nSPS) is 11.4. The fourth-order valence-electron chi connectivity index (χ4n) is 1.46. The number of rotatable bonds is 7. The van der Waals surface area contributed by atoms with Crippen LogP contribution in [0.15, 0.2) is 22.7 Å². The molecule has 0 N–H and O–H groups in total. The average Bonchev–Trinajstić information content (AvgIpc) is 2.47. The fraction of sp³-hybridized carbons (Fsp3) is 0.538. The summed E-state index contributed by atoms with van der Waals surface area (Å²) < 4.78 is 0. The summed E-state index contributed by atoms with van der Waals surface area (Å²) in [5.74, 6) is 0.911. The Morgan fingerprint density at radius 3 is 2.18 bits per heavy atom. The van der Waals surface area contributed by atoms with Crippen molar-refractivity contribution in [3.8, 4) is 11.4 Å². The van der Waals surface area contributed by atoms with Gasteiger partial charge in [-0.1, -0.05) is 37.4 Å². The van der Waals surface area contributed by atoms with Gasteiger partial charge >= 0.3 is 0 Å². The standard InChI is InChI=1S/C13H19N7S2/c1-9(2)22-13-17-11(8-15-19-13)10-7-14-18-12(16-10)21-6-5-20(3)4/h7-9H,5-6H2,1-4H3. The molecular weight excluding hydrogens is 318 g/mol. The van der Waals surface area contributed by atoms with Gasteiger partial charge in [0.05, 0.1) is 12.4 Å². The Labute approximate surface area is 138 Å². The molecule has 22 heavy (non-hydrogen) atoms. The molecule has 9 heteroatoms. The number of hydrogen-bond donors (Lipinski definition) is 0. The molecule has 0 saturated heterocycles. The highest BCUT2D eigenvalue weighted by Crippen LogP contribution is 2.21. The van der Waals surface area contributed by atoms with Crippen molar-refractivity contribution in [3.63, 3.8) is 0 Å². The molecule has 0 aromatic carbocycles. The third-order valence-corrected chi connectivity index (χ3v) is 4.12. The number of aromatic nitrogens is 6. The van der Waals surface area contributed by atoms with Crippen molar-refractivity contribution in [2.45, 2.75) is 29.4 Å². The zero-order valence-corrected chi connectivity index (χ0v) is 14.7. The predicted molar refractivity (Wildman–Crippen MR) is 88.9 cm³/mol. The molecule has 0 fully saturated rings. The van der Waals surface area contributed by atoms with E-state index in [-0.39, 0.29) is 0 Å². The monoisotopic (exact) mass is 337 g/mol. The van der Waals surface area contributed by atoms with E-state index in [1.165, 1.54) is 0 Å². The summed E-state index contributed by atoms with van der Waals surface area (Å²) in [5.41, 5.74) is 1.34. The lowest BCUT2D eigenvalue weighted by molar-refractivity contribution is 0.437. The van der Waals surface area contributed by atoms with Crippen molar-refractivity contribution in [3.05, 3.63) is 12.4 Å². The summed E-state index contributed by atoms with van der Waals surface area (Å²) in [7, 11) is 4.08. The highest BCUT2D eigenvalue weighted by atomic mass is 32.2. The van der Waals surface area contributed by atoms with Gasteiger partial charge in [0.15, 0.2) is 0 Å². The van der Waals surface area contributed by atoms with E-state index < -0.39 is 0 Å². The van der Waals surface area contributed by atoms with Crippen molar-refractivity contribution in [2.75, 3.05) is 26.4 Å². The van der Waals surface area contributed by atoms with E-state index in [9.17, 15) is 0 Å². The van der Waals surface area contributed by atoms with Crippen LogP contribution in [-0.2, 0) is 0 Å². The molecule has 2 rings (SSSR count). The maximum atomic E-state index is 4.49. The Kier molecular flexibility index (Phi) is 6.47. The fourth-order valence-corrected chi connectivity index (χ4v) is 3.04. The lowest BCUT2D eigenvalue weighted by Crippen LogP contribution is -2.15. The third kappa shape index (κ3) is 5.47. The maximum absolute atomic E-state index is 4.49. The van der Waals surface area contributed by atoms with E-state index in [0.29, 0.717) is 27.0 Å². The minimum Gasteiger partial charge on any atom is -0.309 e. The van der Waals surface area contributed by atoms with E-state index in [1.54, 1.807) is 35.9 Å². The third-order valence-electron chi connectivity index (χ3n) is 2.45. The summed E-state index contributed by atoms with van der Waals surface area (Å²) in [6, 6.07) is 0. The van der Waals surface area contributed by atoms with Gasteiger partial charge in [-0.2, -0.15) is 10.2 Å². The van der Waals surface area contributed by atoms with Crippen LogP contribution in [0.25, 0.3) is 11.4 Å². The first-order valence-corrected chi connectivity index (χ1v) is 8.75. The second kappa shape index (κ2) is 8.35. The van der Waals surface area contributed by atoms with E-state index in [4.69, 9.17) is 0 Å². The molecule has 0 radical (unpaired) electrons. The molecule has 7 nitrogen and oxygen atoms in total. The minimum atomic E-state index is 0.401. The van der Waals surface area contributed by atoms with Crippen LogP contribution in [0.5, 0.6) is 0 Å². The molecule has 0 saturated carbocycles. The Bertz CT molecular complexity index is 606. The van der Waals surface area contributed by atoms with Crippen LogP contribution in [0.3, 0.4) is 0 Å². The Morgan fingerprint density at radius 2 is 1.59 bits per heavy atom.